The van der Waals surface area contributed by atoms with Crippen LogP contribution in [0.15, 0.2) is 66.4 Å². The van der Waals surface area contributed by atoms with Crippen molar-refractivity contribution in [2.75, 3.05) is 5.32 Å². The van der Waals surface area contributed by atoms with Crippen molar-refractivity contribution in [2.24, 2.45) is 0 Å². The zero-order valence-corrected chi connectivity index (χ0v) is 14.9. The lowest BCUT2D eigenvalue weighted by Gasteiger charge is -2.25. The van der Waals surface area contributed by atoms with Gasteiger partial charge in [-0.05, 0) is 38.0 Å². The summed E-state index contributed by atoms with van der Waals surface area (Å²) >= 11 is 0. The molecular formula is C21H23N3O. The van der Waals surface area contributed by atoms with E-state index in [1.807, 2.05) is 86.3 Å². The van der Waals surface area contributed by atoms with Crippen LogP contribution in [0.4, 0.5) is 5.69 Å². The fraction of sp³-hybridized carbons (Fsp3) is 0.238. The Morgan fingerprint density at radius 2 is 1.80 bits per heavy atom. The van der Waals surface area contributed by atoms with Crippen LogP contribution >= 0.6 is 0 Å². The number of benzene rings is 2. The fourth-order valence-corrected chi connectivity index (χ4v) is 2.38. The number of nitrogens with zero attached hydrogens (tertiary/aromatic N) is 2. The number of amides is 1. The van der Waals surface area contributed by atoms with Gasteiger partial charge in [0.1, 0.15) is 11.6 Å². The molecular weight excluding hydrogens is 310 g/mol. The Balaban J connectivity index is 2.19. The molecule has 0 aliphatic rings. The Morgan fingerprint density at radius 1 is 1.16 bits per heavy atom. The molecule has 0 heterocycles. The Bertz CT molecular complexity index is 788. The van der Waals surface area contributed by atoms with Gasteiger partial charge in [0.15, 0.2) is 0 Å². The summed E-state index contributed by atoms with van der Waals surface area (Å²) in [5.41, 5.74) is 2.89. The van der Waals surface area contributed by atoms with Gasteiger partial charge in [0.05, 0.1) is 0 Å². The summed E-state index contributed by atoms with van der Waals surface area (Å²) in [7, 11) is 0. The van der Waals surface area contributed by atoms with E-state index in [9.17, 15) is 10.1 Å². The molecule has 2 rings (SSSR count). The zero-order chi connectivity index (χ0) is 18.2. The Labute approximate surface area is 149 Å². The van der Waals surface area contributed by atoms with E-state index in [0.29, 0.717) is 12.2 Å². The van der Waals surface area contributed by atoms with E-state index >= 15 is 0 Å². The normalized spacial score (nSPS) is 11.1. The number of hydrogen-bond donors (Lipinski definition) is 1. The quantitative estimate of drug-likeness (QED) is 0.635. The minimum absolute atomic E-state index is 0.0906. The summed E-state index contributed by atoms with van der Waals surface area (Å²) in [4.78, 5) is 14.5. The highest BCUT2D eigenvalue weighted by Crippen LogP contribution is 2.15. The maximum absolute atomic E-state index is 12.5. The summed E-state index contributed by atoms with van der Waals surface area (Å²) in [6.07, 6.45) is 1.64. The molecule has 2 aromatic rings. The van der Waals surface area contributed by atoms with Crippen LogP contribution in [-0.2, 0) is 11.3 Å². The number of anilines is 1. The number of nitriles is 1. The van der Waals surface area contributed by atoms with Gasteiger partial charge in [-0.15, -0.1) is 0 Å². The number of nitrogens with one attached hydrogen (secondary N) is 1. The van der Waals surface area contributed by atoms with E-state index in [2.05, 4.69) is 5.32 Å². The lowest BCUT2D eigenvalue weighted by molar-refractivity contribution is -0.112. The molecule has 0 aromatic heterocycles. The maximum Gasteiger partial charge on any atom is 0.267 e. The van der Waals surface area contributed by atoms with Gasteiger partial charge in [-0.1, -0.05) is 48.5 Å². The van der Waals surface area contributed by atoms with Crippen molar-refractivity contribution < 1.29 is 4.79 Å². The molecule has 0 atom stereocenters. The zero-order valence-electron chi connectivity index (χ0n) is 14.9. The van der Waals surface area contributed by atoms with Crippen LogP contribution in [0.3, 0.4) is 0 Å². The monoisotopic (exact) mass is 333 g/mol. The molecule has 0 bridgehead atoms. The molecule has 2 aromatic carbocycles. The number of rotatable bonds is 6. The summed E-state index contributed by atoms with van der Waals surface area (Å²) < 4.78 is 0. The van der Waals surface area contributed by atoms with E-state index in [4.69, 9.17) is 0 Å². The predicted molar refractivity (Wildman–Crippen MR) is 101 cm³/mol. The van der Waals surface area contributed by atoms with Gasteiger partial charge in [0.2, 0.25) is 0 Å². The molecule has 1 amide bonds. The Morgan fingerprint density at radius 3 is 2.40 bits per heavy atom. The molecule has 0 unspecified atom stereocenters. The molecule has 1 N–H and O–H groups in total. The Hall–Kier alpha value is -3.06. The maximum atomic E-state index is 12.5. The lowest BCUT2D eigenvalue weighted by Crippen LogP contribution is -2.27. The average Bonchev–Trinajstić information content (AvgIpc) is 2.61. The molecule has 0 spiro atoms. The van der Waals surface area contributed by atoms with E-state index in [1.165, 1.54) is 0 Å². The molecule has 0 saturated carbocycles. The van der Waals surface area contributed by atoms with Crippen molar-refractivity contribution in [1.29, 1.82) is 5.26 Å². The molecule has 0 radical (unpaired) electrons. The van der Waals surface area contributed by atoms with Crippen LogP contribution in [0.1, 0.15) is 25.0 Å². The summed E-state index contributed by atoms with van der Waals surface area (Å²) in [6.45, 7) is 6.63. The van der Waals surface area contributed by atoms with Crippen molar-refractivity contribution in [3.05, 3.63) is 77.5 Å². The first-order valence-electron chi connectivity index (χ1n) is 8.30. The second kappa shape index (κ2) is 8.70. The number of para-hydroxylation sites is 1. The highest BCUT2D eigenvalue weighted by Gasteiger charge is 2.14. The second-order valence-electron chi connectivity index (χ2n) is 6.18. The molecule has 0 fully saturated rings. The summed E-state index contributed by atoms with van der Waals surface area (Å²) in [5.74, 6) is -0.393. The Kier molecular flexibility index (Phi) is 6.36. The highest BCUT2D eigenvalue weighted by atomic mass is 16.1. The van der Waals surface area contributed by atoms with Crippen LogP contribution < -0.4 is 5.32 Å². The molecule has 4 nitrogen and oxygen atoms in total. The smallest absolute Gasteiger partial charge is 0.267 e. The molecule has 0 aliphatic carbocycles. The van der Waals surface area contributed by atoms with E-state index in [0.717, 1.165) is 11.1 Å². The predicted octanol–water partition coefficient (Wildman–Crippen LogP) is 4.25. The molecule has 0 aliphatic heterocycles. The topological polar surface area (TPSA) is 56.1 Å². The second-order valence-corrected chi connectivity index (χ2v) is 6.18. The molecule has 0 saturated heterocycles. The standard InChI is InChI=1S/C21H23N3O/c1-16(2)24(14-18-10-5-4-6-11-18)15-19(13-22)21(25)23-20-12-8-7-9-17(20)3/h4-12,15-16H,14H2,1-3H3,(H,23,25)/b19-15-. The third-order valence-electron chi connectivity index (χ3n) is 3.92. The van der Waals surface area contributed by atoms with Crippen LogP contribution in [0.2, 0.25) is 0 Å². The van der Waals surface area contributed by atoms with Gasteiger partial charge in [0, 0.05) is 24.5 Å². The van der Waals surface area contributed by atoms with Crippen molar-refractivity contribution >= 4 is 11.6 Å². The number of carbonyl (C=O) groups is 1. The van der Waals surface area contributed by atoms with Crippen molar-refractivity contribution in [1.82, 2.24) is 4.90 Å². The van der Waals surface area contributed by atoms with Gasteiger partial charge >= 0.3 is 0 Å². The van der Waals surface area contributed by atoms with E-state index in [1.54, 1.807) is 6.20 Å². The van der Waals surface area contributed by atoms with Crippen LogP contribution in [0, 0.1) is 18.3 Å². The van der Waals surface area contributed by atoms with Gasteiger partial charge in [-0.3, -0.25) is 4.79 Å². The molecule has 25 heavy (non-hydrogen) atoms. The highest BCUT2D eigenvalue weighted by molar-refractivity contribution is 6.06. The van der Waals surface area contributed by atoms with Gasteiger partial charge < -0.3 is 10.2 Å². The van der Waals surface area contributed by atoms with Crippen molar-refractivity contribution in [3.63, 3.8) is 0 Å². The van der Waals surface area contributed by atoms with E-state index in [-0.39, 0.29) is 11.6 Å². The first-order chi connectivity index (χ1) is 12.0. The van der Waals surface area contributed by atoms with Crippen molar-refractivity contribution in [2.45, 2.75) is 33.4 Å². The minimum Gasteiger partial charge on any atom is -0.369 e. The molecule has 4 heteroatoms. The SMILES string of the molecule is Cc1ccccc1NC(=O)/C(C#N)=C\N(Cc1ccccc1)C(C)C. The average molecular weight is 333 g/mol. The van der Waals surface area contributed by atoms with Crippen LogP contribution in [0.25, 0.3) is 0 Å². The minimum atomic E-state index is -0.393. The third kappa shape index (κ3) is 5.22. The number of carbonyl (C=O) groups excluding carboxylic acids is 1. The first-order valence-corrected chi connectivity index (χ1v) is 8.30. The molecule has 128 valence electrons. The fourth-order valence-electron chi connectivity index (χ4n) is 2.38. The summed E-state index contributed by atoms with van der Waals surface area (Å²) in [5, 5.41) is 12.2. The number of aryl methyl sites for hydroxylation is 1. The van der Waals surface area contributed by atoms with Gasteiger partial charge in [0.25, 0.3) is 5.91 Å². The van der Waals surface area contributed by atoms with E-state index < -0.39 is 5.91 Å². The first kappa shape index (κ1) is 18.3. The van der Waals surface area contributed by atoms with Gasteiger partial charge in [-0.2, -0.15) is 5.26 Å². The largest absolute Gasteiger partial charge is 0.369 e. The summed E-state index contributed by atoms with van der Waals surface area (Å²) in [6, 6.07) is 19.7. The van der Waals surface area contributed by atoms with Crippen LogP contribution in [0.5, 0.6) is 0 Å². The number of hydrogen-bond acceptors (Lipinski definition) is 3. The van der Waals surface area contributed by atoms with Gasteiger partial charge in [-0.25, -0.2) is 0 Å². The van der Waals surface area contributed by atoms with Crippen molar-refractivity contribution in [3.8, 4) is 6.07 Å². The van der Waals surface area contributed by atoms with Crippen LogP contribution in [-0.4, -0.2) is 16.8 Å². The lowest BCUT2D eigenvalue weighted by atomic mass is 10.1. The third-order valence-corrected chi connectivity index (χ3v) is 3.92.